The van der Waals surface area contributed by atoms with Crippen LogP contribution < -0.4 is 14.8 Å². The molecule has 1 aliphatic rings. The molecule has 32 heavy (non-hydrogen) atoms. The van der Waals surface area contributed by atoms with Crippen molar-refractivity contribution in [1.29, 1.82) is 0 Å². The standard InChI is InChI=1S/C25H30N2O5/c1-17-4-6-18(7-5-17)21(28)9-11-24(29)26-20-12-14-27(15-13-20)25(30)19-8-10-22(31-2)23(16-19)32-3/h4-8,10,16,20H,9,11-15H2,1-3H3,(H,26,29). The molecule has 1 N–H and O–H groups in total. The summed E-state index contributed by atoms with van der Waals surface area (Å²) in [7, 11) is 3.09. The first-order chi connectivity index (χ1) is 15.4. The summed E-state index contributed by atoms with van der Waals surface area (Å²) < 4.78 is 10.5. The number of ether oxygens (including phenoxy) is 2. The predicted octanol–water partition coefficient (Wildman–Crippen LogP) is 3.40. The number of hydrogen-bond acceptors (Lipinski definition) is 5. The molecule has 7 nitrogen and oxygen atoms in total. The van der Waals surface area contributed by atoms with E-state index >= 15 is 0 Å². The molecule has 0 atom stereocenters. The highest BCUT2D eigenvalue weighted by atomic mass is 16.5. The molecule has 0 radical (unpaired) electrons. The number of amides is 2. The van der Waals surface area contributed by atoms with Crippen LogP contribution in [0.3, 0.4) is 0 Å². The van der Waals surface area contributed by atoms with E-state index in [1.54, 1.807) is 42.3 Å². The number of ketones is 1. The fraction of sp³-hybridized carbons (Fsp3) is 0.400. The fourth-order valence-electron chi connectivity index (χ4n) is 3.79. The fourth-order valence-corrected chi connectivity index (χ4v) is 3.79. The quantitative estimate of drug-likeness (QED) is 0.639. The molecule has 0 spiro atoms. The Balaban J connectivity index is 1.45. The molecule has 0 aromatic heterocycles. The first-order valence-electron chi connectivity index (χ1n) is 10.8. The third-order valence-electron chi connectivity index (χ3n) is 5.73. The van der Waals surface area contributed by atoms with Crippen LogP contribution in [0.1, 0.15) is 52.0 Å². The van der Waals surface area contributed by atoms with Gasteiger partial charge in [0.05, 0.1) is 14.2 Å². The molecular weight excluding hydrogens is 408 g/mol. The molecule has 1 saturated heterocycles. The van der Waals surface area contributed by atoms with Gasteiger partial charge in [0, 0.05) is 43.1 Å². The lowest BCUT2D eigenvalue weighted by Crippen LogP contribution is -2.46. The van der Waals surface area contributed by atoms with Gasteiger partial charge in [-0.15, -0.1) is 0 Å². The first kappa shape index (κ1) is 23.3. The maximum Gasteiger partial charge on any atom is 0.253 e. The third kappa shape index (κ3) is 5.87. The minimum atomic E-state index is -0.130. The second-order valence-electron chi connectivity index (χ2n) is 7.99. The zero-order valence-electron chi connectivity index (χ0n) is 18.8. The van der Waals surface area contributed by atoms with E-state index in [-0.39, 0.29) is 36.5 Å². The normalized spacial score (nSPS) is 14.0. The second-order valence-corrected chi connectivity index (χ2v) is 7.99. The second kappa shape index (κ2) is 10.8. The topological polar surface area (TPSA) is 84.9 Å². The van der Waals surface area contributed by atoms with Crippen LogP contribution in [0.5, 0.6) is 11.5 Å². The van der Waals surface area contributed by atoms with Crippen LogP contribution >= 0.6 is 0 Å². The Morgan fingerprint density at radius 2 is 1.53 bits per heavy atom. The van der Waals surface area contributed by atoms with Crippen molar-refractivity contribution in [2.75, 3.05) is 27.3 Å². The van der Waals surface area contributed by atoms with Crippen molar-refractivity contribution in [2.45, 2.75) is 38.6 Å². The van der Waals surface area contributed by atoms with Crippen molar-refractivity contribution in [3.05, 3.63) is 59.2 Å². The maximum absolute atomic E-state index is 12.8. The number of carbonyl (C=O) groups excluding carboxylic acids is 3. The Morgan fingerprint density at radius 1 is 0.906 bits per heavy atom. The molecule has 2 amide bonds. The number of piperidine rings is 1. The van der Waals surface area contributed by atoms with E-state index in [0.29, 0.717) is 48.6 Å². The van der Waals surface area contributed by atoms with Gasteiger partial charge in [-0.25, -0.2) is 0 Å². The Kier molecular flexibility index (Phi) is 7.87. The number of Topliss-reactive ketones (excluding diaryl/α,β-unsaturated/α-hetero) is 1. The maximum atomic E-state index is 12.8. The Bertz CT molecular complexity index is 963. The molecule has 0 unspecified atom stereocenters. The van der Waals surface area contributed by atoms with E-state index in [1.807, 2.05) is 19.1 Å². The molecule has 1 fully saturated rings. The summed E-state index contributed by atoms with van der Waals surface area (Å²) in [5.74, 6) is 0.858. The minimum Gasteiger partial charge on any atom is -0.493 e. The lowest BCUT2D eigenvalue weighted by atomic mass is 10.0. The summed E-state index contributed by atoms with van der Waals surface area (Å²) >= 11 is 0. The van der Waals surface area contributed by atoms with E-state index < -0.39 is 0 Å². The van der Waals surface area contributed by atoms with Crippen molar-refractivity contribution in [2.24, 2.45) is 0 Å². The zero-order chi connectivity index (χ0) is 23.1. The molecule has 2 aromatic carbocycles. The van der Waals surface area contributed by atoms with Gasteiger partial charge in [-0.1, -0.05) is 29.8 Å². The highest BCUT2D eigenvalue weighted by Crippen LogP contribution is 2.28. The number of hydrogen-bond donors (Lipinski definition) is 1. The molecule has 1 aliphatic heterocycles. The van der Waals surface area contributed by atoms with Gasteiger partial charge >= 0.3 is 0 Å². The van der Waals surface area contributed by atoms with Gasteiger partial charge in [-0.05, 0) is 38.0 Å². The number of benzene rings is 2. The Labute approximate surface area is 188 Å². The lowest BCUT2D eigenvalue weighted by molar-refractivity contribution is -0.122. The highest BCUT2D eigenvalue weighted by Gasteiger charge is 2.25. The van der Waals surface area contributed by atoms with E-state index in [1.165, 1.54) is 7.11 Å². The van der Waals surface area contributed by atoms with Crippen LogP contribution in [0.2, 0.25) is 0 Å². The number of likely N-dealkylation sites (tertiary alicyclic amines) is 1. The zero-order valence-corrected chi connectivity index (χ0v) is 18.8. The number of nitrogens with zero attached hydrogens (tertiary/aromatic N) is 1. The van der Waals surface area contributed by atoms with E-state index in [0.717, 1.165) is 5.56 Å². The number of methoxy groups -OCH3 is 2. The highest BCUT2D eigenvalue weighted by molar-refractivity contribution is 5.98. The summed E-state index contributed by atoms with van der Waals surface area (Å²) in [4.78, 5) is 39.2. The molecule has 3 rings (SSSR count). The van der Waals surface area contributed by atoms with Gasteiger partial charge < -0.3 is 19.7 Å². The van der Waals surface area contributed by atoms with E-state index in [9.17, 15) is 14.4 Å². The van der Waals surface area contributed by atoms with Crippen LogP contribution in [0.15, 0.2) is 42.5 Å². The van der Waals surface area contributed by atoms with Crippen LogP contribution in [0.25, 0.3) is 0 Å². The molecule has 0 saturated carbocycles. The summed E-state index contributed by atoms with van der Waals surface area (Å²) in [5.41, 5.74) is 2.26. The SMILES string of the molecule is COc1ccc(C(=O)N2CCC(NC(=O)CCC(=O)c3ccc(C)cc3)CC2)cc1OC. The van der Waals surface area contributed by atoms with E-state index in [2.05, 4.69) is 5.32 Å². The summed E-state index contributed by atoms with van der Waals surface area (Å²) in [6.07, 6.45) is 1.70. The monoisotopic (exact) mass is 438 g/mol. The molecule has 170 valence electrons. The van der Waals surface area contributed by atoms with Gasteiger partial charge in [-0.2, -0.15) is 0 Å². The van der Waals surface area contributed by atoms with Crippen molar-refractivity contribution >= 4 is 17.6 Å². The largest absolute Gasteiger partial charge is 0.493 e. The van der Waals surface area contributed by atoms with Crippen LogP contribution in [-0.4, -0.2) is 55.8 Å². The van der Waals surface area contributed by atoms with Crippen molar-refractivity contribution in [3.63, 3.8) is 0 Å². The molecule has 0 aliphatic carbocycles. The number of rotatable bonds is 8. The predicted molar refractivity (Wildman–Crippen MR) is 121 cm³/mol. The minimum absolute atomic E-state index is 0.00595. The van der Waals surface area contributed by atoms with E-state index in [4.69, 9.17) is 9.47 Å². The van der Waals surface area contributed by atoms with Crippen molar-refractivity contribution in [3.8, 4) is 11.5 Å². The smallest absolute Gasteiger partial charge is 0.253 e. The van der Waals surface area contributed by atoms with Crippen molar-refractivity contribution < 1.29 is 23.9 Å². The van der Waals surface area contributed by atoms with Gasteiger partial charge in [0.15, 0.2) is 17.3 Å². The molecular formula is C25H30N2O5. The lowest BCUT2D eigenvalue weighted by Gasteiger charge is -2.32. The molecule has 0 bridgehead atoms. The van der Waals surface area contributed by atoms with Crippen LogP contribution in [0, 0.1) is 6.92 Å². The molecule has 2 aromatic rings. The van der Waals surface area contributed by atoms with Gasteiger partial charge in [-0.3, -0.25) is 14.4 Å². The van der Waals surface area contributed by atoms with Gasteiger partial charge in [0.2, 0.25) is 5.91 Å². The number of nitrogens with one attached hydrogen (secondary N) is 1. The summed E-state index contributed by atoms with van der Waals surface area (Å²) in [6, 6.07) is 12.5. The van der Waals surface area contributed by atoms with Gasteiger partial charge in [0.25, 0.3) is 5.91 Å². The Hall–Kier alpha value is -3.35. The van der Waals surface area contributed by atoms with Crippen LogP contribution in [0.4, 0.5) is 0 Å². The summed E-state index contributed by atoms with van der Waals surface area (Å²) in [6.45, 7) is 3.08. The molecule has 1 heterocycles. The first-order valence-corrected chi connectivity index (χ1v) is 10.8. The number of carbonyl (C=O) groups is 3. The average Bonchev–Trinajstić information content (AvgIpc) is 2.82. The van der Waals surface area contributed by atoms with Crippen molar-refractivity contribution in [1.82, 2.24) is 10.2 Å². The summed E-state index contributed by atoms with van der Waals surface area (Å²) in [5, 5.41) is 3.00. The van der Waals surface area contributed by atoms with Crippen LogP contribution in [-0.2, 0) is 4.79 Å². The molecule has 7 heteroatoms. The third-order valence-corrected chi connectivity index (χ3v) is 5.73. The average molecular weight is 439 g/mol. The number of aryl methyl sites for hydroxylation is 1. The Morgan fingerprint density at radius 3 is 2.16 bits per heavy atom. The van der Waals surface area contributed by atoms with Gasteiger partial charge in [0.1, 0.15) is 0 Å².